The van der Waals surface area contributed by atoms with E-state index in [4.69, 9.17) is 16.3 Å². The van der Waals surface area contributed by atoms with Gasteiger partial charge >= 0.3 is 0 Å². The van der Waals surface area contributed by atoms with Crippen molar-refractivity contribution in [1.82, 2.24) is 4.98 Å². The van der Waals surface area contributed by atoms with Gasteiger partial charge in [-0.25, -0.2) is 0 Å². The minimum Gasteiger partial charge on any atom is -0.487 e. The first kappa shape index (κ1) is 13.4. The van der Waals surface area contributed by atoms with Gasteiger partial charge in [0, 0.05) is 16.6 Å². The van der Waals surface area contributed by atoms with Crippen molar-refractivity contribution in [3.8, 4) is 11.8 Å². The fourth-order valence-electron chi connectivity index (χ4n) is 2.09. The Morgan fingerprint density at radius 2 is 1.86 bits per heavy atom. The van der Waals surface area contributed by atoms with Crippen LogP contribution in [0.4, 0.5) is 0 Å². The van der Waals surface area contributed by atoms with Crippen molar-refractivity contribution in [1.29, 1.82) is 5.26 Å². The smallest absolute Gasteiger partial charge is 0.148 e. The zero-order chi connectivity index (χ0) is 14.7. The van der Waals surface area contributed by atoms with E-state index in [0.717, 1.165) is 16.5 Å². The number of para-hydroxylation sites is 1. The first-order chi connectivity index (χ1) is 10.3. The molecule has 2 aromatic carbocycles. The van der Waals surface area contributed by atoms with Crippen molar-refractivity contribution in [2.75, 3.05) is 0 Å². The van der Waals surface area contributed by atoms with Crippen LogP contribution in [-0.4, -0.2) is 4.98 Å². The van der Waals surface area contributed by atoms with E-state index in [1.165, 1.54) is 0 Å². The third-order valence-corrected chi connectivity index (χ3v) is 3.39. The molecule has 0 aliphatic rings. The minimum atomic E-state index is 0.375. The number of rotatable bonds is 3. The van der Waals surface area contributed by atoms with E-state index in [1.807, 2.05) is 48.5 Å². The molecule has 102 valence electrons. The van der Waals surface area contributed by atoms with Gasteiger partial charge in [0.15, 0.2) is 0 Å². The molecule has 0 fully saturated rings. The van der Waals surface area contributed by atoms with Gasteiger partial charge < -0.3 is 4.74 Å². The summed E-state index contributed by atoms with van der Waals surface area (Å²) in [7, 11) is 0. The van der Waals surface area contributed by atoms with Gasteiger partial charge in [-0.15, -0.1) is 0 Å². The van der Waals surface area contributed by atoms with E-state index in [1.54, 1.807) is 6.20 Å². The predicted octanol–water partition coefficient (Wildman–Crippen LogP) is 4.34. The lowest BCUT2D eigenvalue weighted by molar-refractivity contribution is 0.309. The summed E-state index contributed by atoms with van der Waals surface area (Å²) in [6.45, 7) is 0.375. The highest BCUT2D eigenvalue weighted by Gasteiger charge is 2.10. The van der Waals surface area contributed by atoms with Gasteiger partial charge in [-0.05, 0) is 29.8 Å². The van der Waals surface area contributed by atoms with Gasteiger partial charge in [-0.2, -0.15) is 5.26 Å². The number of benzene rings is 2. The summed E-state index contributed by atoms with van der Waals surface area (Å²) in [6.07, 6.45) is 1.54. The number of nitrogens with zero attached hydrogens (tertiary/aromatic N) is 2. The Labute approximate surface area is 127 Å². The maximum atomic E-state index is 9.22. The number of halogens is 1. The van der Waals surface area contributed by atoms with Crippen LogP contribution in [0.2, 0.25) is 5.02 Å². The molecular formula is C17H11ClN2O. The summed E-state index contributed by atoms with van der Waals surface area (Å²) in [4.78, 5) is 4.26. The molecule has 0 spiro atoms. The summed E-state index contributed by atoms with van der Waals surface area (Å²) >= 11 is 5.86. The van der Waals surface area contributed by atoms with E-state index in [-0.39, 0.29) is 0 Å². The van der Waals surface area contributed by atoms with Crippen molar-refractivity contribution in [3.05, 3.63) is 70.9 Å². The molecule has 0 saturated carbocycles. The first-order valence-corrected chi connectivity index (χ1v) is 6.81. The zero-order valence-corrected chi connectivity index (χ0v) is 11.8. The van der Waals surface area contributed by atoms with Crippen molar-refractivity contribution >= 4 is 22.5 Å². The average Bonchev–Trinajstić information content (AvgIpc) is 2.54. The van der Waals surface area contributed by atoms with E-state index in [9.17, 15) is 5.26 Å². The predicted molar refractivity (Wildman–Crippen MR) is 82.2 cm³/mol. The third kappa shape index (κ3) is 2.81. The topological polar surface area (TPSA) is 45.9 Å². The highest BCUT2D eigenvalue weighted by molar-refractivity contribution is 6.30. The maximum absolute atomic E-state index is 9.22. The van der Waals surface area contributed by atoms with Gasteiger partial charge in [-0.3, -0.25) is 4.98 Å². The van der Waals surface area contributed by atoms with E-state index < -0.39 is 0 Å². The van der Waals surface area contributed by atoms with Crippen LogP contribution in [0.5, 0.6) is 5.75 Å². The average molecular weight is 295 g/mol. The monoisotopic (exact) mass is 294 g/mol. The highest BCUT2D eigenvalue weighted by Crippen LogP contribution is 2.28. The van der Waals surface area contributed by atoms with E-state index >= 15 is 0 Å². The molecule has 0 unspecified atom stereocenters. The Morgan fingerprint density at radius 3 is 2.62 bits per heavy atom. The second kappa shape index (κ2) is 5.82. The summed E-state index contributed by atoms with van der Waals surface area (Å²) in [6, 6.07) is 17.2. The van der Waals surface area contributed by atoms with Crippen LogP contribution in [-0.2, 0) is 6.61 Å². The highest BCUT2D eigenvalue weighted by atomic mass is 35.5. The molecule has 4 heteroatoms. The van der Waals surface area contributed by atoms with Crippen molar-refractivity contribution in [2.45, 2.75) is 6.61 Å². The first-order valence-electron chi connectivity index (χ1n) is 6.43. The molecule has 3 rings (SSSR count). The van der Waals surface area contributed by atoms with Crippen LogP contribution in [0.15, 0.2) is 54.7 Å². The van der Waals surface area contributed by atoms with Crippen LogP contribution >= 0.6 is 11.6 Å². The van der Waals surface area contributed by atoms with Crippen LogP contribution < -0.4 is 4.74 Å². The van der Waals surface area contributed by atoms with Crippen molar-refractivity contribution in [2.24, 2.45) is 0 Å². The number of hydrogen-bond acceptors (Lipinski definition) is 3. The summed E-state index contributed by atoms with van der Waals surface area (Å²) in [5.74, 6) is 0.568. The summed E-state index contributed by atoms with van der Waals surface area (Å²) < 4.78 is 5.86. The molecule has 1 heterocycles. The Kier molecular flexibility index (Phi) is 3.72. The third-order valence-electron chi connectivity index (χ3n) is 3.14. The van der Waals surface area contributed by atoms with E-state index in [0.29, 0.717) is 22.9 Å². The van der Waals surface area contributed by atoms with Crippen LogP contribution in [0.3, 0.4) is 0 Å². The molecule has 0 atom stereocenters. The van der Waals surface area contributed by atoms with Crippen LogP contribution in [0, 0.1) is 11.3 Å². The fourth-order valence-corrected chi connectivity index (χ4v) is 2.21. The standard InChI is InChI=1S/C17H11ClN2O/c18-14-7-5-12(6-8-14)11-21-17-13(9-19)10-20-16-4-2-1-3-15(16)17/h1-8,10H,11H2. The number of hydrogen-bond donors (Lipinski definition) is 0. The second-order valence-corrected chi connectivity index (χ2v) is 4.98. The second-order valence-electron chi connectivity index (χ2n) is 4.55. The Balaban J connectivity index is 1.95. The minimum absolute atomic E-state index is 0.375. The SMILES string of the molecule is N#Cc1cnc2ccccc2c1OCc1ccc(Cl)cc1. The number of ether oxygens (including phenoxy) is 1. The Hall–Kier alpha value is -2.57. The molecule has 0 aliphatic carbocycles. The number of pyridine rings is 1. The normalized spacial score (nSPS) is 10.3. The number of aromatic nitrogens is 1. The summed E-state index contributed by atoms with van der Waals surface area (Å²) in [5, 5.41) is 10.7. The van der Waals surface area contributed by atoms with Crippen molar-refractivity contribution in [3.63, 3.8) is 0 Å². The molecule has 21 heavy (non-hydrogen) atoms. The molecule has 0 radical (unpaired) electrons. The number of nitriles is 1. The molecular weight excluding hydrogens is 284 g/mol. The van der Waals surface area contributed by atoms with E-state index in [2.05, 4.69) is 11.1 Å². The fraction of sp³-hybridized carbons (Fsp3) is 0.0588. The zero-order valence-electron chi connectivity index (χ0n) is 11.1. The lowest BCUT2D eigenvalue weighted by atomic mass is 10.1. The van der Waals surface area contributed by atoms with Crippen LogP contribution in [0.25, 0.3) is 10.9 Å². The van der Waals surface area contributed by atoms with Crippen molar-refractivity contribution < 1.29 is 4.74 Å². The Morgan fingerprint density at radius 1 is 1.10 bits per heavy atom. The molecule has 1 aromatic heterocycles. The maximum Gasteiger partial charge on any atom is 0.148 e. The Bertz CT molecular complexity index is 822. The van der Waals surface area contributed by atoms with Crippen LogP contribution in [0.1, 0.15) is 11.1 Å². The van der Waals surface area contributed by atoms with Gasteiger partial charge in [0.1, 0.15) is 24.0 Å². The quantitative estimate of drug-likeness (QED) is 0.722. The number of fused-ring (bicyclic) bond motifs is 1. The molecule has 0 saturated heterocycles. The molecule has 0 N–H and O–H groups in total. The lowest BCUT2D eigenvalue weighted by Gasteiger charge is -2.10. The van der Waals surface area contributed by atoms with Gasteiger partial charge in [0.05, 0.1) is 5.52 Å². The lowest BCUT2D eigenvalue weighted by Crippen LogP contribution is -1.99. The molecule has 3 aromatic rings. The molecule has 0 amide bonds. The largest absolute Gasteiger partial charge is 0.487 e. The van der Waals surface area contributed by atoms with Gasteiger partial charge in [0.25, 0.3) is 0 Å². The summed E-state index contributed by atoms with van der Waals surface area (Å²) in [5.41, 5.74) is 2.23. The molecule has 0 aliphatic heterocycles. The molecule has 0 bridgehead atoms. The van der Waals surface area contributed by atoms with Gasteiger partial charge in [0.2, 0.25) is 0 Å². The molecule has 3 nitrogen and oxygen atoms in total. The van der Waals surface area contributed by atoms with Gasteiger partial charge in [-0.1, -0.05) is 35.9 Å².